The van der Waals surface area contributed by atoms with Crippen molar-refractivity contribution in [3.05, 3.63) is 89.3 Å². The van der Waals surface area contributed by atoms with E-state index in [0.717, 1.165) is 11.1 Å². The van der Waals surface area contributed by atoms with Crippen LogP contribution in [0.2, 0.25) is 0 Å². The minimum atomic E-state index is -1.05. The average Bonchev–Trinajstić information content (AvgIpc) is 3.45. The average molecular weight is 575 g/mol. The number of carbonyl (C=O) groups excluding carboxylic acids is 5. The van der Waals surface area contributed by atoms with E-state index in [1.807, 2.05) is 60.7 Å². The van der Waals surface area contributed by atoms with Gasteiger partial charge < -0.3 is 30.7 Å². The molecule has 0 spiro atoms. The molecule has 4 N–H and O–H groups in total. The van der Waals surface area contributed by atoms with E-state index in [9.17, 15) is 24.0 Å². The Kier molecular flexibility index (Phi) is 10.0. The Morgan fingerprint density at radius 2 is 1.43 bits per heavy atom. The van der Waals surface area contributed by atoms with Crippen LogP contribution in [-0.4, -0.2) is 70.8 Å². The number of rotatable bonds is 4. The molecule has 0 saturated carbocycles. The lowest BCUT2D eigenvalue weighted by Gasteiger charge is -2.25. The lowest BCUT2D eigenvalue weighted by atomic mass is 10.0. The minimum absolute atomic E-state index is 0.0207. The molecule has 5 amide bonds. The standard InChI is InChI=1S/C30H34N6O6/c1-19-27(38)33-25(16-22-11-7-4-8-12-22)29(40)34-24(15-21-9-5-3-6-10-21)28(39)31-13-14-36(20(2)37)18-23-17-26(35-42-23)30(41)32-19/h3-12,17,19,24-25H,13-16,18H2,1-2H3,(H,31,39)(H,32,41)(H,33,38)(H,34,40)/t19-,24+,25-/m0/s1. The van der Waals surface area contributed by atoms with Crippen LogP contribution in [0.4, 0.5) is 0 Å². The third-order valence-electron chi connectivity index (χ3n) is 6.84. The van der Waals surface area contributed by atoms with Gasteiger partial charge in [-0.25, -0.2) is 0 Å². The van der Waals surface area contributed by atoms with Crippen LogP contribution in [0.3, 0.4) is 0 Å². The maximum Gasteiger partial charge on any atom is 0.274 e. The number of carbonyl (C=O) groups is 5. The first kappa shape index (κ1) is 30.0. The van der Waals surface area contributed by atoms with Gasteiger partial charge in [-0.15, -0.1) is 0 Å². The first-order valence-electron chi connectivity index (χ1n) is 13.7. The highest BCUT2D eigenvalue weighted by molar-refractivity contribution is 5.97. The molecule has 3 atom stereocenters. The van der Waals surface area contributed by atoms with E-state index in [0.29, 0.717) is 0 Å². The fraction of sp³-hybridized carbons (Fsp3) is 0.333. The third kappa shape index (κ3) is 8.26. The summed E-state index contributed by atoms with van der Waals surface area (Å²) < 4.78 is 5.25. The van der Waals surface area contributed by atoms with Crippen molar-refractivity contribution in [2.75, 3.05) is 13.1 Å². The molecule has 0 fully saturated rings. The number of benzene rings is 2. The maximum absolute atomic E-state index is 13.6. The monoisotopic (exact) mass is 574 g/mol. The Labute approximate surface area is 243 Å². The van der Waals surface area contributed by atoms with Crippen molar-refractivity contribution in [1.29, 1.82) is 0 Å². The summed E-state index contributed by atoms with van der Waals surface area (Å²) in [6.45, 7) is 3.13. The van der Waals surface area contributed by atoms with Crippen molar-refractivity contribution >= 4 is 29.5 Å². The van der Waals surface area contributed by atoms with Crippen molar-refractivity contribution in [1.82, 2.24) is 31.3 Å². The Morgan fingerprint density at radius 1 is 0.857 bits per heavy atom. The van der Waals surface area contributed by atoms with Crippen molar-refractivity contribution in [2.24, 2.45) is 0 Å². The fourth-order valence-corrected chi connectivity index (χ4v) is 4.49. The van der Waals surface area contributed by atoms with Crippen LogP contribution in [0.5, 0.6) is 0 Å². The molecule has 0 radical (unpaired) electrons. The van der Waals surface area contributed by atoms with E-state index in [-0.39, 0.29) is 49.8 Å². The van der Waals surface area contributed by atoms with Gasteiger partial charge >= 0.3 is 0 Å². The van der Waals surface area contributed by atoms with Crippen molar-refractivity contribution < 1.29 is 28.5 Å². The van der Waals surface area contributed by atoms with Crippen LogP contribution >= 0.6 is 0 Å². The fourth-order valence-electron chi connectivity index (χ4n) is 4.49. The van der Waals surface area contributed by atoms with Gasteiger partial charge in [0.25, 0.3) is 5.91 Å². The number of nitrogens with one attached hydrogen (secondary N) is 4. The van der Waals surface area contributed by atoms with Crippen LogP contribution in [0.1, 0.15) is 41.2 Å². The Bertz CT molecular complexity index is 1410. The van der Waals surface area contributed by atoms with Gasteiger partial charge in [0.15, 0.2) is 11.5 Å². The first-order valence-corrected chi connectivity index (χ1v) is 13.7. The van der Waals surface area contributed by atoms with Crippen molar-refractivity contribution in [2.45, 2.75) is 51.4 Å². The van der Waals surface area contributed by atoms with Gasteiger partial charge in [0.05, 0.1) is 6.54 Å². The number of hydrogen-bond acceptors (Lipinski definition) is 7. The summed E-state index contributed by atoms with van der Waals surface area (Å²) in [4.78, 5) is 66.6. The highest BCUT2D eigenvalue weighted by atomic mass is 16.5. The summed E-state index contributed by atoms with van der Waals surface area (Å²) >= 11 is 0. The molecular formula is C30H34N6O6. The van der Waals surface area contributed by atoms with Gasteiger partial charge in [-0.3, -0.25) is 24.0 Å². The summed E-state index contributed by atoms with van der Waals surface area (Å²) in [5, 5.41) is 14.7. The van der Waals surface area contributed by atoms with E-state index < -0.39 is 41.8 Å². The molecule has 1 aliphatic heterocycles. The zero-order valence-corrected chi connectivity index (χ0v) is 23.5. The van der Waals surface area contributed by atoms with Gasteiger partial charge in [0.1, 0.15) is 18.1 Å². The van der Waals surface area contributed by atoms with Crippen molar-refractivity contribution in [3.63, 3.8) is 0 Å². The molecule has 2 aromatic carbocycles. The van der Waals surface area contributed by atoms with Gasteiger partial charge in [0.2, 0.25) is 23.6 Å². The second kappa shape index (κ2) is 14.1. The van der Waals surface area contributed by atoms with Crippen LogP contribution in [0.15, 0.2) is 71.3 Å². The molecule has 0 aliphatic carbocycles. The number of hydrogen-bond donors (Lipinski definition) is 4. The summed E-state index contributed by atoms with van der Waals surface area (Å²) in [6.07, 6.45) is 0.354. The lowest BCUT2D eigenvalue weighted by molar-refractivity contribution is -0.132. The predicted molar refractivity (Wildman–Crippen MR) is 152 cm³/mol. The second-order valence-electron chi connectivity index (χ2n) is 10.1. The molecule has 42 heavy (non-hydrogen) atoms. The number of fused-ring (bicyclic) bond motifs is 2. The third-order valence-corrected chi connectivity index (χ3v) is 6.84. The second-order valence-corrected chi connectivity index (χ2v) is 10.1. The largest absolute Gasteiger partial charge is 0.359 e. The Morgan fingerprint density at radius 3 is 2.02 bits per heavy atom. The van der Waals surface area contributed by atoms with Crippen LogP contribution in [0.25, 0.3) is 0 Å². The topological polar surface area (TPSA) is 163 Å². The van der Waals surface area contributed by atoms with Gasteiger partial charge in [-0.1, -0.05) is 65.8 Å². The van der Waals surface area contributed by atoms with Gasteiger partial charge in [0, 0.05) is 38.9 Å². The number of amides is 5. The number of nitrogens with zero attached hydrogens (tertiary/aromatic N) is 2. The van der Waals surface area contributed by atoms with Crippen LogP contribution in [-0.2, 0) is 38.6 Å². The molecule has 4 rings (SSSR count). The summed E-state index contributed by atoms with van der Waals surface area (Å²) in [6, 6.07) is 16.7. The SMILES string of the molecule is CC(=O)N1CCNC(=O)[C@@H](Cc2ccccc2)NC(=O)[C@H](Cc2ccccc2)NC(=O)[C@H](C)NC(=O)c2cc(on2)C1. The highest BCUT2D eigenvalue weighted by Crippen LogP contribution is 2.10. The molecule has 220 valence electrons. The molecule has 2 heterocycles. The molecular weight excluding hydrogens is 540 g/mol. The smallest absolute Gasteiger partial charge is 0.274 e. The van der Waals surface area contributed by atoms with Crippen LogP contribution < -0.4 is 21.3 Å². The van der Waals surface area contributed by atoms with Crippen LogP contribution in [0, 0.1) is 0 Å². The Balaban J connectivity index is 1.64. The molecule has 12 nitrogen and oxygen atoms in total. The summed E-state index contributed by atoms with van der Waals surface area (Å²) in [7, 11) is 0. The van der Waals surface area contributed by atoms with Gasteiger partial charge in [-0.2, -0.15) is 0 Å². The molecule has 1 aromatic heterocycles. The Hall–Kier alpha value is -5.00. The number of aromatic nitrogens is 1. The summed E-state index contributed by atoms with van der Waals surface area (Å²) in [5.41, 5.74) is 1.55. The molecule has 3 aromatic rings. The van der Waals surface area contributed by atoms with E-state index in [4.69, 9.17) is 4.52 Å². The highest BCUT2D eigenvalue weighted by Gasteiger charge is 2.30. The summed E-state index contributed by atoms with van der Waals surface area (Å²) in [5.74, 6) is -2.27. The maximum atomic E-state index is 13.6. The first-order chi connectivity index (χ1) is 20.2. The molecule has 2 bridgehead atoms. The van der Waals surface area contributed by atoms with E-state index in [1.54, 1.807) is 0 Å². The quantitative estimate of drug-likeness (QED) is 0.357. The normalized spacial score (nSPS) is 20.8. The molecule has 0 unspecified atom stereocenters. The predicted octanol–water partition coefficient (Wildman–Crippen LogP) is 0.726. The molecule has 0 saturated heterocycles. The molecule has 12 heteroatoms. The van der Waals surface area contributed by atoms with E-state index in [1.165, 1.54) is 24.8 Å². The van der Waals surface area contributed by atoms with Gasteiger partial charge in [-0.05, 0) is 18.1 Å². The van der Waals surface area contributed by atoms with E-state index in [2.05, 4.69) is 26.4 Å². The zero-order valence-electron chi connectivity index (χ0n) is 23.5. The van der Waals surface area contributed by atoms with Crippen molar-refractivity contribution in [3.8, 4) is 0 Å². The zero-order chi connectivity index (χ0) is 30.1. The minimum Gasteiger partial charge on any atom is -0.359 e. The lowest BCUT2D eigenvalue weighted by Crippen LogP contribution is -2.57. The molecule has 1 aliphatic rings. The van der Waals surface area contributed by atoms with E-state index >= 15 is 0 Å².